The van der Waals surface area contributed by atoms with E-state index >= 15 is 4.79 Å². The number of hydrogen-bond donors (Lipinski definition) is 2. The van der Waals surface area contributed by atoms with Crippen molar-refractivity contribution in [3.63, 3.8) is 0 Å². The third-order valence-corrected chi connectivity index (χ3v) is 10.6. The summed E-state index contributed by atoms with van der Waals surface area (Å²) in [5.74, 6) is -2.90. The van der Waals surface area contributed by atoms with Gasteiger partial charge < -0.3 is 14.6 Å². The largest absolute Gasteiger partial charge is 0.504 e. The Bertz CT molecular complexity index is 2180. The van der Waals surface area contributed by atoms with Crippen molar-refractivity contribution in [1.29, 1.82) is 0 Å². The number of aromatic hydroxyl groups is 1. The van der Waals surface area contributed by atoms with Gasteiger partial charge in [0.25, 0.3) is 11.8 Å². The molecule has 15 heteroatoms. The molecule has 3 heterocycles. The van der Waals surface area contributed by atoms with Crippen LogP contribution in [0.25, 0.3) is 0 Å². The second-order valence-corrected chi connectivity index (χ2v) is 13.6. The smallest absolute Gasteiger partial charge is 0.347 e. The molecule has 1 aliphatic carbocycles. The number of phenols is 1. The Labute approximate surface area is 291 Å². The zero-order valence-corrected chi connectivity index (χ0v) is 28.8. The van der Waals surface area contributed by atoms with Crippen LogP contribution in [-0.2, 0) is 28.6 Å². The number of benzene rings is 3. The summed E-state index contributed by atoms with van der Waals surface area (Å²) in [7, 11) is 4.32. The average Bonchev–Trinajstić information content (AvgIpc) is 3.43. The van der Waals surface area contributed by atoms with Gasteiger partial charge >= 0.3 is 11.4 Å². The monoisotopic (exact) mass is 755 g/mol. The number of hydrogen-bond acceptors (Lipinski definition) is 8. The van der Waals surface area contributed by atoms with E-state index in [1.54, 1.807) is 54.6 Å². The van der Waals surface area contributed by atoms with E-state index in [0.717, 1.165) is 9.58 Å². The Morgan fingerprint density at radius 1 is 0.979 bits per heavy atom. The molecule has 2 fully saturated rings. The van der Waals surface area contributed by atoms with Gasteiger partial charge in [-0.05, 0) is 60.0 Å². The first kappa shape index (κ1) is 32.1. The van der Waals surface area contributed by atoms with Crippen molar-refractivity contribution < 1.29 is 24.2 Å². The van der Waals surface area contributed by atoms with E-state index in [4.69, 9.17) is 32.7 Å². The van der Waals surface area contributed by atoms with E-state index in [1.807, 2.05) is 0 Å². The normalized spacial score (nSPS) is 22.9. The summed E-state index contributed by atoms with van der Waals surface area (Å²) in [6.45, 7) is 0.0248. The zero-order chi connectivity index (χ0) is 34.2. The molecular formula is C33H28BrCl2N5O7. The van der Waals surface area contributed by atoms with Crippen LogP contribution in [-0.4, -0.2) is 50.1 Å². The number of halogens is 3. The van der Waals surface area contributed by atoms with Crippen molar-refractivity contribution in [3.05, 3.63) is 113 Å². The van der Waals surface area contributed by atoms with Crippen molar-refractivity contribution in [3.8, 4) is 17.2 Å². The molecule has 0 bridgehead atoms. The quantitative estimate of drug-likeness (QED) is 0.213. The molecule has 2 N–H and O–H groups in total. The van der Waals surface area contributed by atoms with Gasteiger partial charge in [-0.3, -0.25) is 15.0 Å². The number of nitrogens with one attached hydrogen (secondary N) is 1. The number of carbonyl (C=O) groups is 2. The molecule has 7 rings (SSSR count). The maximum atomic E-state index is 15.3. The molecule has 48 heavy (non-hydrogen) atoms. The highest BCUT2D eigenvalue weighted by molar-refractivity contribution is 9.10. The predicted molar refractivity (Wildman–Crippen MR) is 181 cm³/mol. The van der Waals surface area contributed by atoms with Crippen LogP contribution >= 0.6 is 39.1 Å². The summed E-state index contributed by atoms with van der Waals surface area (Å²) in [6, 6.07) is 13.9. The van der Waals surface area contributed by atoms with Gasteiger partial charge in [0.05, 0.1) is 48.8 Å². The minimum atomic E-state index is -1.66. The summed E-state index contributed by atoms with van der Waals surface area (Å²) < 4.78 is 15.2. The third-order valence-electron chi connectivity index (χ3n) is 9.63. The van der Waals surface area contributed by atoms with Crippen LogP contribution in [0.5, 0.6) is 17.2 Å². The molecule has 248 valence electrons. The molecule has 3 aliphatic rings. The third kappa shape index (κ3) is 4.47. The van der Waals surface area contributed by atoms with Crippen molar-refractivity contribution >= 4 is 56.6 Å². The first-order valence-electron chi connectivity index (χ1n) is 14.8. The summed E-state index contributed by atoms with van der Waals surface area (Å²) in [5.41, 5.74) is 1.79. The number of ether oxygens (including phenoxy) is 2. The van der Waals surface area contributed by atoms with Crippen molar-refractivity contribution in [2.24, 2.45) is 13.0 Å². The lowest BCUT2D eigenvalue weighted by Gasteiger charge is -2.49. The van der Waals surface area contributed by atoms with Crippen molar-refractivity contribution in [1.82, 2.24) is 18.9 Å². The minimum absolute atomic E-state index is 0.0132. The maximum Gasteiger partial charge on any atom is 0.347 e. The number of rotatable bonds is 6. The Kier molecular flexibility index (Phi) is 7.76. The Morgan fingerprint density at radius 3 is 2.38 bits per heavy atom. The zero-order valence-electron chi connectivity index (χ0n) is 25.7. The minimum Gasteiger partial charge on any atom is -0.504 e. The molecule has 1 saturated carbocycles. The highest BCUT2D eigenvalue weighted by Gasteiger charge is 2.69. The van der Waals surface area contributed by atoms with Crippen LogP contribution in [0.2, 0.25) is 10.0 Å². The fourth-order valence-electron chi connectivity index (χ4n) is 7.53. The molecule has 12 nitrogen and oxygen atoms in total. The molecule has 1 aromatic heterocycles. The Hall–Kier alpha value is -4.46. The van der Waals surface area contributed by atoms with Gasteiger partial charge in [-0.15, -0.1) is 0 Å². The molecule has 4 aromatic rings. The number of methoxy groups -OCH3 is 2. The Balaban J connectivity index is 1.54. The number of phenolic OH excluding ortho intramolecular Hbond substituents is 1. The van der Waals surface area contributed by atoms with Crippen LogP contribution in [0, 0.1) is 5.92 Å². The van der Waals surface area contributed by atoms with Gasteiger partial charge in [0.1, 0.15) is 5.75 Å². The number of fused-ring (bicyclic) bond motifs is 4. The van der Waals surface area contributed by atoms with Gasteiger partial charge in [-0.2, -0.15) is 5.01 Å². The van der Waals surface area contributed by atoms with E-state index < -0.39 is 46.5 Å². The second kappa shape index (κ2) is 11.6. The van der Waals surface area contributed by atoms with Crippen LogP contribution in [0.3, 0.4) is 0 Å². The molecule has 2 aliphatic heterocycles. The standard InChI is InChI=1S/C33H28BrCl2N5O7/c1-38-31(45)39-11-10-20-25(41(39)32(38)46)15-22-29(43)40(37-24-9-6-18(35)14-23(24)36)30(44)33(22,16-4-7-19(47-2)8-5-16)27(20)21-12-17(34)13-26(48-3)28(21)42/h4-10,12-14,22,25,27,37,42H,11,15H2,1-3H3/t22-,25+,27+,33+/m0/s1. The van der Waals surface area contributed by atoms with E-state index in [1.165, 1.54) is 36.7 Å². The summed E-state index contributed by atoms with van der Waals surface area (Å²) >= 11 is 16.1. The number of amides is 2. The number of carbonyl (C=O) groups excluding carboxylic acids is 2. The lowest BCUT2D eigenvalue weighted by atomic mass is 9.53. The number of anilines is 1. The average molecular weight is 757 g/mol. The fourth-order valence-corrected chi connectivity index (χ4v) is 8.43. The molecule has 2 amide bonds. The van der Waals surface area contributed by atoms with E-state index in [2.05, 4.69) is 21.4 Å². The first-order valence-corrected chi connectivity index (χ1v) is 16.4. The van der Waals surface area contributed by atoms with Crippen LogP contribution in [0.4, 0.5) is 5.69 Å². The second-order valence-electron chi connectivity index (χ2n) is 11.9. The highest BCUT2D eigenvalue weighted by atomic mass is 79.9. The maximum absolute atomic E-state index is 15.3. The van der Waals surface area contributed by atoms with Crippen molar-refractivity contribution in [2.75, 3.05) is 19.6 Å². The molecular weight excluding hydrogens is 729 g/mol. The lowest BCUT2D eigenvalue weighted by Crippen LogP contribution is -2.53. The van der Waals surface area contributed by atoms with Gasteiger partial charge in [0.15, 0.2) is 11.5 Å². The number of allylic oxidation sites excluding steroid dienone is 2. The molecule has 0 unspecified atom stereocenters. The van der Waals surface area contributed by atoms with Crippen molar-refractivity contribution in [2.45, 2.75) is 30.3 Å². The molecule has 3 aromatic carbocycles. The van der Waals surface area contributed by atoms with Gasteiger partial charge in [0, 0.05) is 28.0 Å². The molecule has 1 saturated heterocycles. The van der Waals surface area contributed by atoms with Crippen LogP contribution in [0.1, 0.15) is 29.5 Å². The van der Waals surface area contributed by atoms with Gasteiger partial charge in [-0.1, -0.05) is 57.3 Å². The molecule has 0 spiro atoms. The SMILES string of the molecule is COc1ccc([C@@]23C(=O)N(Nc4ccc(Cl)cc4Cl)C(=O)[C@@H]2C[C@@H]2C(=CCn4c(=O)n(C)c(=O)n42)[C@@H]3c2cc(Br)cc(OC)c2O)cc1. The van der Waals surface area contributed by atoms with Crippen LogP contribution in [0.15, 0.2) is 80.3 Å². The highest BCUT2D eigenvalue weighted by Crippen LogP contribution is 2.63. The van der Waals surface area contributed by atoms with E-state index in [9.17, 15) is 19.5 Å². The topological polar surface area (TPSA) is 137 Å². The number of nitrogens with zero attached hydrogens (tertiary/aromatic N) is 4. The number of aromatic nitrogens is 3. The summed E-state index contributed by atoms with van der Waals surface area (Å²) in [4.78, 5) is 56.6. The summed E-state index contributed by atoms with van der Waals surface area (Å²) in [5, 5.41) is 13.2. The predicted octanol–water partition coefficient (Wildman–Crippen LogP) is 4.76. The molecule has 4 atom stereocenters. The van der Waals surface area contributed by atoms with E-state index in [0.29, 0.717) is 26.4 Å². The summed E-state index contributed by atoms with van der Waals surface area (Å²) in [6.07, 6.45) is 1.79. The van der Waals surface area contributed by atoms with E-state index in [-0.39, 0.29) is 40.7 Å². The number of hydrazine groups is 1. The molecule has 0 radical (unpaired) electrons. The van der Waals surface area contributed by atoms with Gasteiger partial charge in [0.2, 0.25) is 0 Å². The first-order chi connectivity index (χ1) is 22.9. The Morgan fingerprint density at radius 2 is 1.71 bits per heavy atom. The lowest BCUT2D eigenvalue weighted by molar-refractivity contribution is -0.138. The fraction of sp³-hybridized carbons (Fsp3) is 0.273. The number of imide groups is 1. The van der Waals surface area contributed by atoms with Gasteiger partial charge in [-0.25, -0.2) is 23.5 Å². The van der Waals surface area contributed by atoms with Crippen LogP contribution < -0.4 is 26.3 Å².